The van der Waals surface area contributed by atoms with E-state index in [1.807, 2.05) is 12.1 Å². The Labute approximate surface area is 131 Å². The highest BCUT2D eigenvalue weighted by molar-refractivity contribution is 5.41. The number of phenolic OH excluding ortho intramolecular Hbond substituents is 1. The lowest BCUT2D eigenvalue weighted by Gasteiger charge is -2.63. The third-order valence-corrected chi connectivity index (χ3v) is 6.06. The number of fused-ring (bicyclic) bond motifs is 2. The first kappa shape index (κ1) is 14.3. The van der Waals surface area contributed by atoms with Crippen LogP contribution in [-0.4, -0.2) is 37.5 Å². The van der Waals surface area contributed by atoms with Crippen LogP contribution in [0.2, 0.25) is 0 Å². The highest BCUT2D eigenvalue weighted by Gasteiger charge is 2.66. The van der Waals surface area contributed by atoms with Gasteiger partial charge >= 0.3 is 0 Å². The molecular formula is C18H25NO3. The number of aromatic hydroxyl groups is 1. The van der Waals surface area contributed by atoms with E-state index in [9.17, 15) is 5.11 Å². The van der Waals surface area contributed by atoms with E-state index in [0.717, 1.165) is 25.5 Å². The molecule has 1 aromatic carbocycles. The fraction of sp³-hybridized carbons (Fsp3) is 0.667. The minimum absolute atomic E-state index is 0.206. The van der Waals surface area contributed by atoms with E-state index >= 15 is 0 Å². The molecule has 120 valence electrons. The molecule has 4 rings (SSSR count). The number of phenols is 1. The Morgan fingerprint density at radius 2 is 2.27 bits per heavy atom. The molecule has 2 N–H and O–H groups in total. The third kappa shape index (κ3) is 2.04. The lowest BCUT2D eigenvalue weighted by atomic mass is 9.46. The van der Waals surface area contributed by atoms with Crippen molar-refractivity contribution in [1.29, 1.82) is 0 Å². The van der Waals surface area contributed by atoms with Gasteiger partial charge < -0.3 is 19.9 Å². The maximum atomic E-state index is 9.65. The smallest absolute Gasteiger partial charge is 0.160 e. The molecular weight excluding hydrogens is 278 g/mol. The normalized spacial score (nSPS) is 31.4. The minimum atomic E-state index is 0.206. The Kier molecular flexibility index (Phi) is 3.54. The van der Waals surface area contributed by atoms with Crippen molar-refractivity contribution < 1.29 is 14.6 Å². The lowest BCUT2D eigenvalue weighted by Crippen LogP contribution is -2.71. The van der Waals surface area contributed by atoms with Crippen molar-refractivity contribution in [2.75, 3.05) is 20.3 Å². The summed E-state index contributed by atoms with van der Waals surface area (Å²) in [5, 5.41) is 13.5. The van der Waals surface area contributed by atoms with Crippen LogP contribution in [0.1, 0.15) is 31.2 Å². The van der Waals surface area contributed by atoms with Crippen LogP contribution >= 0.6 is 0 Å². The van der Waals surface area contributed by atoms with E-state index in [1.54, 1.807) is 13.2 Å². The number of ether oxygens (including phenoxy) is 2. The van der Waals surface area contributed by atoms with Crippen LogP contribution in [0.5, 0.6) is 11.5 Å². The van der Waals surface area contributed by atoms with Gasteiger partial charge in [0.05, 0.1) is 13.2 Å². The molecule has 0 unspecified atom stereocenters. The summed E-state index contributed by atoms with van der Waals surface area (Å²) in [6, 6.07) is 6.26. The van der Waals surface area contributed by atoms with Gasteiger partial charge in [-0.15, -0.1) is 0 Å². The van der Waals surface area contributed by atoms with Gasteiger partial charge in [-0.3, -0.25) is 0 Å². The Hall–Kier alpha value is -1.26. The molecule has 0 bridgehead atoms. The van der Waals surface area contributed by atoms with E-state index in [-0.39, 0.29) is 5.75 Å². The summed E-state index contributed by atoms with van der Waals surface area (Å²) < 4.78 is 11.1. The van der Waals surface area contributed by atoms with Crippen LogP contribution in [0.15, 0.2) is 18.2 Å². The summed E-state index contributed by atoms with van der Waals surface area (Å²) >= 11 is 0. The maximum absolute atomic E-state index is 9.65. The standard InChI is InChI=1S/C18H25NO3/c1-21-15-11-12(3-4-14(15)20)5-9-19-16-13-6-10-22-17(13)18(16)7-2-8-18/h3-4,11,13,16-17,19-20H,2,5-10H2,1H3/t13-,16+,17-/m0/s1. The van der Waals surface area contributed by atoms with Crippen molar-refractivity contribution in [3.63, 3.8) is 0 Å². The van der Waals surface area contributed by atoms with Crippen molar-refractivity contribution in [1.82, 2.24) is 5.32 Å². The molecule has 0 aromatic heterocycles. The maximum Gasteiger partial charge on any atom is 0.160 e. The van der Waals surface area contributed by atoms with Crippen molar-refractivity contribution in [2.24, 2.45) is 11.3 Å². The van der Waals surface area contributed by atoms with Gasteiger partial charge in [0, 0.05) is 24.0 Å². The number of nitrogens with one attached hydrogen (secondary N) is 1. The zero-order valence-corrected chi connectivity index (χ0v) is 13.2. The highest BCUT2D eigenvalue weighted by atomic mass is 16.5. The van der Waals surface area contributed by atoms with Gasteiger partial charge in [0.1, 0.15) is 0 Å². The van der Waals surface area contributed by atoms with Crippen LogP contribution in [0.25, 0.3) is 0 Å². The molecule has 2 saturated carbocycles. The zero-order valence-electron chi connectivity index (χ0n) is 13.2. The minimum Gasteiger partial charge on any atom is -0.504 e. The third-order valence-electron chi connectivity index (χ3n) is 6.06. The fourth-order valence-electron chi connectivity index (χ4n) is 4.81. The zero-order chi connectivity index (χ0) is 15.2. The summed E-state index contributed by atoms with van der Waals surface area (Å²) in [6.07, 6.45) is 6.74. The molecule has 22 heavy (non-hydrogen) atoms. The predicted octanol–water partition coefficient (Wildman–Crippen LogP) is 2.49. The summed E-state index contributed by atoms with van der Waals surface area (Å²) in [5.74, 6) is 1.49. The van der Waals surface area contributed by atoms with Crippen LogP contribution in [-0.2, 0) is 11.2 Å². The average molecular weight is 303 g/mol. The topological polar surface area (TPSA) is 50.7 Å². The average Bonchev–Trinajstić information content (AvgIpc) is 2.88. The van der Waals surface area contributed by atoms with Crippen LogP contribution in [0, 0.1) is 11.3 Å². The van der Waals surface area contributed by atoms with Crippen molar-refractivity contribution in [3.8, 4) is 11.5 Å². The molecule has 1 spiro atoms. The molecule has 1 aromatic rings. The number of hydrogen-bond donors (Lipinski definition) is 2. The van der Waals surface area contributed by atoms with E-state index in [2.05, 4.69) is 5.32 Å². The molecule has 1 saturated heterocycles. The van der Waals surface area contributed by atoms with E-state index < -0.39 is 0 Å². The first-order valence-corrected chi connectivity index (χ1v) is 8.45. The molecule has 3 fully saturated rings. The molecule has 3 atom stereocenters. The van der Waals surface area contributed by atoms with Gasteiger partial charge in [-0.2, -0.15) is 0 Å². The Bertz CT molecular complexity index is 555. The Balaban J connectivity index is 1.35. The second-order valence-corrected chi connectivity index (χ2v) is 7.02. The molecule has 1 heterocycles. The second-order valence-electron chi connectivity index (χ2n) is 7.02. The van der Waals surface area contributed by atoms with Crippen LogP contribution in [0.4, 0.5) is 0 Å². The largest absolute Gasteiger partial charge is 0.504 e. The van der Waals surface area contributed by atoms with E-state index in [1.165, 1.54) is 31.2 Å². The van der Waals surface area contributed by atoms with Gasteiger partial charge in [-0.1, -0.05) is 12.5 Å². The number of benzene rings is 1. The van der Waals surface area contributed by atoms with E-state index in [0.29, 0.717) is 23.3 Å². The number of rotatable bonds is 5. The van der Waals surface area contributed by atoms with Gasteiger partial charge in [-0.05, 0) is 49.9 Å². The summed E-state index contributed by atoms with van der Waals surface area (Å²) in [6.45, 7) is 1.92. The monoisotopic (exact) mass is 303 g/mol. The van der Waals surface area contributed by atoms with Crippen molar-refractivity contribution >= 4 is 0 Å². The van der Waals surface area contributed by atoms with Gasteiger partial charge in [0.25, 0.3) is 0 Å². The van der Waals surface area contributed by atoms with Crippen molar-refractivity contribution in [2.45, 2.75) is 44.2 Å². The summed E-state index contributed by atoms with van der Waals surface area (Å²) in [7, 11) is 1.59. The fourth-order valence-corrected chi connectivity index (χ4v) is 4.81. The van der Waals surface area contributed by atoms with Crippen LogP contribution < -0.4 is 10.1 Å². The molecule has 0 radical (unpaired) electrons. The first-order chi connectivity index (χ1) is 10.7. The van der Waals surface area contributed by atoms with E-state index in [4.69, 9.17) is 9.47 Å². The summed E-state index contributed by atoms with van der Waals surface area (Å²) in [4.78, 5) is 0. The van der Waals surface area contributed by atoms with Gasteiger partial charge in [0.15, 0.2) is 11.5 Å². The summed E-state index contributed by atoms with van der Waals surface area (Å²) in [5.41, 5.74) is 1.65. The Morgan fingerprint density at radius 1 is 1.41 bits per heavy atom. The van der Waals surface area contributed by atoms with Gasteiger partial charge in [0.2, 0.25) is 0 Å². The quantitative estimate of drug-likeness (QED) is 0.877. The highest BCUT2D eigenvalue weighted by Crippen LogP contribution is 2.62. The molecule has 4 heteroatoms. The molecule has 0 amide bonds. The molecule has 3 aliphatic rings. The van der Waals surface area contributed by atoms with Crippen molar-refractivity contribution in [3.05, 3.63) is 23.8 Å². The second kappa shape index (κ2) is 5.43. The number of hydrogen-bond acceptors (Lipinski definition) is 4. The number of methoxy groups -OCH3 is 1. The van der Waals surface area contributed by atoms with Crippen LogP contribution in [0.3, 0.4) is 0 Å². The SMILES string of the molecule is COc1cc(CCN[C@@H]2[C@@H]3CCO[C@@H]3C23CCC3)ccc1O. The molecule has 4 nitrogen and oxygen atoms in total. The first-order valence-electron chi connectivity index (χ1n) is 8.45. The van der Waals surface area contributed by atoms with Gasteiger partial charge in [-0.25, -0.2) is 0 Å². The molecule has 2 aliphatic carbocycles. The Morgan fingerprint density at radius 3 is 3.00 bits per heavy atom. The molecule has 1 aliphatic heterocycles. The predicted molar refractivity (Wildman–Crippen MR) is 84.3 cm³/mol. The lowest BCUT2D eigenvalue weighted by molar-refractivity contribution is -0.175.